The monoisotopic (exact) mass is 569 g/mol. The maximum Gasteiger partial charge on any atom is 0.331 e. The van der Waals surface area contributed by atoms with Gasteiger partial charge in [-0.15, -0.1) is 10.2 Å². The Morgan fingerprint density at radius 2 is 1.94 bits per heavy atom. The molecule has 0 saturated heterocycles. The van der Waals surface area contributed by atoms with E-state index in [9.17, 15) is 14.4 Å². The third kappa shape index (κ3) is 4.92. The van der Waals surface area contributed by atoms with Crippen molar-refractivity contribution < 1.29 is 14.4 Å². The van der Waals surface area contributed by atoms with E-state index < -0.39 is 7.60 Å². The largest absolute Gasteiger partial charge is 0.331 e. The second kappa shape index (κ2) is 10.1. The Bertz CT molecular complexity index is 1560. The standard InChI is InChI=1S/C24H25BrN7O3P/c1-2-3-11-22-26-23(25)21(15-36(33,34)35)32(22)14-16-7-6-10-19-17(16)12-13-31(19)20-9-5-4-8-18(20)24-27-29-30-28-24/h4-10,12-13H,2-3,11,14-15H2,1H3,(H2,33,34,35)(H,27,28,29,30). The van der Waals surface area contributed by atoms with Crippen LogP contribution in [0.15, 0.2) is 59.3 Å². The number of hydrogen-bond acceptors (Lipinski definition) is 5. The molecule has 0 radical (unpaired) electrons. The normalized spacial score (nSPS) is 12.0. The first-order chi connectivity index (χ1) is 17.4. The molecule has 3 N–H and O–H groups in total. The van der Waals surface area contributed by atoms with Crippen LogP contribution in [0.5, 0.6) is 0 Å². The van der Waals surface area contributed by atoms with E-state index in [2.05, 4.69) is 59.1 Å². The molecule has 12 heteroatoms. The molecule has 36 heavy (non-hydrogen) atoms. The molecule has 3 aromatic heterocycles. The zero-order chi connectivity index (χ0) is 25.3. The molecule has 0 saturated carbocycles. The average Bonchev–Trinajstić information content (AvgIpc) is 3.59. The van der Waals surface area contributed by atoms with Gasteiger partial charge in [0, 0.05) is 30.1 Å². The van der Waals surface area contributed by atoms with Gasteiger partial charge in [-0.3, -0.25) is 4.57 Å². The molecule has 10 nitrogen and oxygen atoms in total. The molecule has 0 aliphatic carbocycles. The lowest BCUT2D eigenvalue weighted by molar-refractivity contribution is 0.370. The molecule has 0 bridgehead atoms. The third-order valence-corrected chi connectivity index (χ3v) is 7.46. The highest BCUT2D eigenvalue weighted by Crippen LogP contribution is 2.41. The second-order valence-electron chi connectivity index (χ2n) is 8.57. The number of nitrogens with zero attached hydrogens (tertiary/aromatic N) is 6. The fraction of sp³-hybridized carbons (Fsp3) is 0.250. The lowest BCUT2D eigenvalue weighted by atomic mass is 10.1. The Labute approximate surface area is 215 Å². The van der Waals surface area contributed by atoms with Gasteiger partial charge in [-0.05, 0) is 57.4 Å². The number of aromatic nitrogens is 7. The van der Waals surface area contributed by atoms with Gasteiger partial charge in [0.05, 0.1) is 23.1 Å². The summed E-state index contributed by atoms with van der Waals surface area (Å²) in [6, 6.07) is 16.0. The van der Waals surface area contributed by atoms with E-state index in [0.29, 0.717) is 22.7 Å². The number of fused-ring (bicyclic) bond motifs is 1. The molecule has 0 aliphatic heterocycles. The van der Waals surface area contributed by atoms with Crippen LogP contribution in [0.25, 0.3) is 28.0 Å². The molecule has 186 valence electrons. The van der Waals surface area contributed by atoms with Gasteiger partial charge < -0.3 is 18.9 Å². The number of benzene rings is 2. The smallest absolute Gasteiger partial charge is 0.326 e. The number of aryl methyl sites for hydroxylation is 1. The molecule has 0 fully saturated rings. The van der Waals surface area contributed by atoms with Gasteiger partial charge in [-0.25, -0.2) is 4.98 Å². The Kier molecular flexibility index (Phi) is 6.90. The van der Waals surface area contributed by atoms with Crippen LogP contribution in [0.1, 0.15) is 36.8 Å². The molecule has 3 heterocycles. The van der Waals surface area contributed by atoms with Crippen LogP contribution in [-0.4, -0.2) is 44.5 Å². The van der Waals surface area contributed by atoms with Crippen LogP contribution in [0, 0.1) is 0 Å². The molecule has 0 spiro atoms. The Morgan fingerprint density at radius 1 is 1.11 bits per heavy atom. The molecule has 0 amide bonds. The zero-order valence-corrected chi connectivity index (χ0v) is 22.0. The number of nitrogens with one attached hydrogen (secondary N) is 1. The van der Waals surface area contributed by atoms with Crippen molar-refractivity contribution in [2.45, 2.75) is 38.9 Å². The van der Waals surface area contributed by atoms with E-state index in [1.54, 1.807) is 0 Å². The fourth-order valence-electron chi connectivity index (χ4n) is 4.46. The first kappa shape index (κ1) is 24.6. The highest BCUT2D eigenvalue weighted by molar-refractivity contribution is 9.10. The van der Waals surface area contributed by atoms with Gasteiger partial charge in [0.15, 0.2) is 0 Å². The first-order valence-corrected chi connectivity index (χ1v) is 14.2. The average molecular weight is 570 g/mol. The highest BCUT2D eigenvalue weighted by Gasteiger charge is 2.24. The van der Waals surface area contributed by atoms with Crippen LogP contribution < -0.4 is 0 Å². The van der Waals surface area contributed by atoms with Gasteiger partial charge in [-0.1, -0.05) is 37.6 Å². The van der Waals surface area contributed by atoms with Crippen molar-refractivity contribution in [1.29, 1.82) is 0 Å². The lowest BCUT2D eigenvalue weighted by Gasteiger charge is -2.15. The summed E-state index contributed by atoms with van der Waals surface area (Å²) < 4.78 is 16.4. The maximum atomic E-state index is 11.9. The Hall–Kier alpha value is -3.11. The number of hydrogen-bond donors (Lipinski definition) is 3. The first-order valence-electron chi connectivity index (χ1n) is 11.6. The third-order valence-electron chi connectivity index (χ3n) is 6.11. The summed E-state index contributed by atoms with van der Waals surface area (Å²) in [5, 5.41) is 15.5. The van der Waals surface area contributed by atoms with E-state index in [4.69, 9.17) is 0 Å². The van der Waals surface area contributed by atoms with Crippen molar-refractivity contribution in [2.75, 3.05) is 0 Å². The van der Waals surface area contributed by atoms with Crippen molar-refractivity contribution in [2.24, 2.45) is 0 Å². The van der Waals surface area contributed by atoms with E-state index >= 15 is 0 Å². The number of para-hydroxylation sites is 1. The Balaban J connectivity index is 1.59. The topological polar surface area (TPSA) is 135 Å². The summed E-state index contributed by atoms with van der Waals surface area (Å²) in [5.74, 6) is 1.32. The van der Waals surface area contributed by atoms with Gasteiger partial charge in [0.1, 0.15) is 10.4 Å². The molecular formula is C24H25BrN7O3P. The molecule has 0 aliphatic rings. The lowest BCUT2D eigenvalue weighted by Crippen LogP contribution is -2.10. The summed E-state index contributed by atoms with van der Waals surface area (Å²) in [7, 11) is -4.29. The molecule has 0 atom stereocenters. The van der Waals surface area contributed by atoms with E-state index in [0.717, 1.165) is 52.8 Å². The van der Waals surface area contributed by atoms with Gasteiger partial charge in [-0.2, -0.15) is 5.21 Å². The molecular weight excluding hydrogens is 545 g/mol. The van der Waals surface area contributed by atoms with E-state index in [-0.39, 0.29) is 6.16 Å². The SMILES string of the molecule is CCCCc1nc(Br)c(CP(=O)(O)O)n1Cc1cccc2c1ccn2-c1ccccc1-c1nn[nH]n1. The summed E-state index contributed by atoms with van der Waals surface area (Å²) in [6.07, 6.45) is 4.29. The number of imidazole rings is 1. The number of tetrazole rings is 1. The van der Waals surface area contributed by atoms with Crippen LogP contribution >= 0.6 is 23.5 Å². The summed E-state index contributed by atoms with van der Waals surface area (Å²) in [6.45, 7) is 2.55. The van der Waals surface area contributed by atoms with E-state index in [1.165, 1.54) is 0 Å². The minimum atomic E-state index is -4.29. The van der Waals surface area contributed by atoms with Crippen LogP contribution in [0.3, 0.4) is 0 Å². The molecule has 5 aromatic rings. The molecule has 5 rings (SSSR count). The molecule has 0 unspecified atom stereocenters. The minimum absolute atomic E-state index is 0.373. The highest BCUT2D eigenvalue weighted by atomic mass is 79.9. The summed E-state index contributed by atoms with van der Waals surface area (Å²) >= 11 is 3.44. The van der Waals surface area contributed by atoms with Gasteiger partial charge in [0.25, 0.3) is 0 Å². The number of unbranched alkanes of at least 4 members (excludes halogenated alkanes) is 1. The Morgan fingerprint density at radius 3 is 2.69 bits per heavy atom. The molecule has 2 aromatic carbocycles. The van der Waals surface area contributed by atoms with Gasteiger partial charge in [0.2, 0.25) is 5.82 Å². The van der Waals surface area contributed by atoms with Crippen molar-refractivity contribution in [3.05, 3.63) is 76.4 Å². The number of rotatable bonds is 9. The van der Waals surface area contributed by atoms with Crippen molar-refractivity contribution in [1.82, 2.24) is 34.7 Å². The summed E-state index contributed by atoms with van der Waals surface area (Å²) in [5.41, 5.74) is 4.29. The van der Waals surface area contributed by atoms with Crippen molar-refractivity contribution >= 4 is 34.4 Å². The number of H-pyrrole nitrogens is 1. The maximum absolute atomic E-state index is 11.9. The van der Waals surface area contributed by atoms with E-state index in [1.807, 2.05) is 53.2 Å². The van der Waals surface area contributed by atoms with Crippen LogP contribution in [0.4, 0.5) is 0 Å². The zero-order valence-electron chi connectivity index (χ0n) is 19.5. The van der Waals surface area contributed by atoms with Crippen LogP contribution in [0.2, 0.25) is 0 Å². The predicted molar refractivity (Wildman–Crippen MR) is 140 cm³/mol. The minimum Gasteiger partial charge on any atom is -0.326 e. The quantitative estimate of drug-likeness (QED) is 0.216. The van der Waals surface area contributed by atoms with Crippen molar-refractivity contribution in [3.8, 4) is 17.1 Å². The second-order valence-corrected chi connectivity index (χ2v) is 11.0. The number of aromatic amines is 1. The predicted octanol–water partition coefficient (Wildman–Crippen LogP) is 4.84. The summed E-state index contributed by atoms with van der Waals surface area (Å²) in [4.78, 5) is 24.0. The van der Waals surface area contributed by atoms with Crippen LogP contribution in [-0.2, 0) is 23.7 Å². The fourth-order valence-corrected chi connectivity index (χ4v) is 5.95. The number of halogens is 1. The van der Waals surface area contributed by atoms with Gasteiger partial charge >= 0.3 is 7.60 Å². The van der Waals surface area contributed by atoms with Crippen molar-refractivity contribution in [3.63, 3.8) is 0 Å².